The van der Waals surface area contributed by atoms with Crippen molar-refractivity contribution in [3.8, 4) is 0 Å². The highest BCUT2D eigenvalue weighted by Crippen LogP contribution is 2.10. The van der Waals surface area contributed by atoms with Gasteiger partial charge in [-0.25, -0.2) is 0 Å². The molecule has 94 valence electrons. The van der Waals surface area contributed by atoms with E-state index in [1.165, 1.54) is 11.1 Å². The van der Waals surface area contributed by atoms with Gasteiger partial charge in [-0.15, -0.1) is 0 Å². The zero-order chi connectivity index (χ0) is 13.5. The third kappa shape index (κ3) is 9.33. The third-order valence-corrected chi connectivity index (χ3v) is 1.84. The van der Waals surface area contributed by atoms with Crippen LogP contribution in [-0.4, -0.2) is 31.6 Å². The minimum Gasteiger partial charge on any atom is -0.550 e. The summed E-state index contributed by atoms with van der Waals surface area (Å²) in [5.41, 5.74) is 2.57. The van der Waals surface area contributed by atoms with Crippen LogP contribution in [0.25, 0.3) is 6.08 Å². The summed E-state index contributed by atoms with van der Waals surface area (Å²) in [6.45, 7) is 5.79. The van der Waals surface area contributed by atoms with Crippen molar-refractivity contribution >= 4 is 12.0 Å². The molecular weight excluding hydrogens is 214 g/mol. The number of carboxylic acids is 1. The lowest BCUT2D eigenvalue weighted by atomic mass is 10.1. The van der Waals surface area contributed by atoms with Crippen LogP contribution in [0, 0.1) is 0 Å². The van der Waals surface area contributed by atoms with Crippen molar-refractivity contribution in [2.45, 2.75) is 13.5 Å². The van der Waals surface area contributed by atoms with E-state index in [-0.39, 0.29) is 0 Å². The van der Waals surface area contributed by atoms with Crippen LogP contribution in [-0.2, 0) is 11.3 Å². The first-order valence-electron chi connectivity index (χ1n) is 5.44. The minimum atomic E-state index is -1.08. The van der Waals surface area contributed by atoms with Gasteiger partial charge in [0.2, 0.25) is 0 Å². The lowest BCUT2D eigenvalue weighted by Gasteiger charge is -2.23. The molecule has 0 bridgehead atoms. The highest BCUT2D eigenvalue weighted by Gasteiger charge is 2.07. The molecular formula is C14H21NO2. The monoisotopic (exact) mass is 235 g/mol. The van der Waals surface area contributed by atoms with Crippen molar-refractivity contribution in [3.05, 3.63) is 42.0 Å². The maximum atomic E-state index is 8.89. The van der Waals surface area contributed by atoms with E-state index >= 15 is 0 Å². The van der Waals surface area contributed by atoms with Gasteiger partial charge >= 0.3 is 0 Å². The summed E-state index contributed by atoms with van der Waals surface area (Å²) in [6, 6.07) is 8.52. The van der Waals surface area contributed by atoms with E-state index in [1.807, 2.05) is 6.08 Å². The van der Waals surface area contributed by atoms with Crippen molar-refractivity contribution in [1.82, 2.24) is 0 Å². The van der Waals surface area contributed by atoms with Gasteiger partial charge in [0, 0.05) is 11.5 Å². The molecule has 0 heterocycles. The molecule has 0 amide bonds. The van der Waals surface area contributed by atoms with E-state index in [0.29, 0.717) is 0 Å². The van der Waals surface area contributed by atoms with Gasteiger partial charge in [-0.2, -0.15) is 0 Å². The standard InChI is InChI=1S/C12H18N.C2H4O2/c1-5-11-7-6-8-12(9-11)10-13(2,3)4;1-2(3)4/h5-9H,1,10H2,2-4H3;1H3,(H,3,4)/q+1;/p-1. The molecule has 0 aliphatic rings. The van der Waals surface area contributed by atoms with Crippen molar-refractivity contribution in [1.29, 1.82) is 0 Å². The number of aliphatic carboxylic acids is 1. The fourth-order valence-electron chi connectivity index (χ4n) is 1.37. The Labute approximate surface area is 104 Å². The fraction of sp³-hybridized carbons (Fsp3) is 0.357. The molecule has 0 aliphatic heterocycles. The first-order chi connectivity index (χ1) is 7.74. The van der Waals surface area contributed by atoms with Gasteiger partial charge in [0.25, 0.3) is 0 Å². The molecule has 1 aromatic rings. The van der Waals surface area contributed by atoms with Crippen LogP contribution in [0.4, 0.5) is 0 Å². The predicted octanol–water partition coefficient (Wildman–Crippen LogP) is 1.29. The third-order valence-electron chi connectivity index (χ3n) is 1.84. The van der Waals surface area contributed by atoms with Crippen LogP contribution >= 0.6 is 0 Å². The second kappa shape index (κ2) is 6.86. The summed E-state index contributed by atoms with van der Waals surface area (Å²) in [7, 11) is 6.59. The van der Waals surface area contributed by atoms with Crippen LogP contribution in [0.5, 0.6) is 0 Å². The number of carboxylic acid groups (broad SMARTS) is 1. The van der Waals surface area contributed by atoms with Crippen LogP contribution in [0.15, 0.2) is 30.8 Å². The van der Waals surface area contributed by atoms with Crippen LogP contribution in [0.2, 0.25) is 0 Å². The van der Waals surface area contributed by atoms with Crippen molar-refractivity contribution in [3.63, 3.8) is 0 Å². The fourth-order valence-corrected chi connectivity index (χ4v) is 1.37. The first-order valence-corrected chi connectivity index (χ1v) is 5.44. The van der Waals surface area contributed by atoms with Gasteiger partial charge in [-0.05, 0) is 18.6 Å². The normalized spacial score (nSPS) is 10.1. The predicted molar refractivity (Wildman–Crippen MR) is 69.0 cm³/mol. The highest BCUT2D eigenvalue weighted by molar-refractivity contribution is 5.60. The molecule has 1 rings (SSSR count). The van der Waals surface area contributed by atoms with Gasteiger partial charge in [-0.1, -0.05) is 30.9 Å². The molecule has 17 heavy (non-hydrogen) atoms. The molecule has 0 unspecified atom stereocenters. The Balaban J connectivity index is 0.000000557. The summed E-state index contributed by atoms with van der Waals surface area (Å²) >= 11 is 0. The van der Waals surface area contributed by atoms with E-state index in [2.05, 4.69) is 52.0 Å². The van der Waals surface area contributed by atoms with E-state index in [4.69, 9.17) is 9.90 Å². The molecule has 1 aromatic carbocycles. The van der Waals surface area contributed by atoms with E-state index in [0.717, 1.165) is 18.0 Å². The summed E-state index contributed by atoms with van der Waals surface area (Å²) in [5, 5.41) is 8.89. The lowest BCUT2D eigenvalue weighted by molar-refractivity contribution is -0.884. The molecule has 0 fully saturated rings. The topological polar surface area (TPSA) is 40.1 Å². The molecule has 0 radical (unpaired) electrons. The second-order valence-electron chi connectivity index (χ2n) is 4.89. The number of hydrogen-bond acceptors (Lipinski definition) is 2. The number of hydrogen-bond donors (Lipinski definition) is 0. The highest BCUT2D eigenvalue weighted by atomic mass is 16.4. The molecule has 0 saturated heterocycles. The Hall–Kier alpha value is -1.61. The van der Waals surface area contributed by atoms with Crippen molar-refractivity contribution in [2.24, 2.45) is 0 Å². The molecule has 3 heteroatoms. The second-order valence-corrected chi connectivity index (χ2v) is 4.89. The van der Waals surface area contributed by atoms with Crippen molar-refractivity contribution in [2.75, 3.05) is 21.1 Å². The van der Waals surface area contributed by atoms with Gasteiger partial charge in [-0.3, -0.25) is 0 Å². The Kier molecular flexibility index (Phi) is 6.21. The van der Waals surface area contributed by atoms with Gasteiger partial charge in [0.1, 0.15) is 6.54 Å². The first kappa shape index (κ1) is 15.4. The maximum absolute atomic E-state index is 8.89. The lowest BCUT2D eigenvalue weighted by Crippen LogP contribution is -2.33. The number of carbonyl (C=O) groups is 1. The molecule has 0 saturated carbocycles. The molecule has 3 nitrogen and oxygen atoms in total. The SMILES string of the molecule is C=Cc1cccc(C[N+](C)(C)C)c1.CC(=O)[O-]. The Morgan fingerprint density at radius 2 is 1.94 bits per heavy atom. The quantitative estimate of drug-likeness (QED) is 0.741. The molecule has 0 N–H and O–H groups in total. The Morgan fingerprint density at radius 1 is 1.41 bits per heavy atom. The summed E-state index contributed by atoms with van der Waals surface area (Å²) in [4.78, 5) is 8.89. The van der Waals surface area contributed by atoms with E-state index < -0.39 is 5.97 Å². The van der Waals surface area contributed by atoms with Crippen molar-refractivity contribution < 1.29 is 14.4 Å². The number of carbonyl (C=O) groups excluding carboxylic acids is 1. The summed E-state index contributed by atoms with van der Waals surface area (Å²) in [6.07, 6.45) is 1.89. The average molecular weight is 235 g/mol. The summed E-state index contributed by atoms with van der Waals surface area (Å²) < 4.78 is 0.959. The van der Waals surface area contributed by atoms with E-state index in [1.54, 1.807) is 0 Å². The van der Waals surface area contributed by atoms with E-state index in [9.17, 15) is 0 Å². The number of quaternary nitrogens is 1. The zero-order valence-electron chi connectivity index (χ0n) is 11.1. The van der Waals surface area contributed by atoms with Gasteiger partial charge in [0.15, 0.2) is 0 Å². The average Bonchev–Trinajstić information content (AvgIpc) is 2.14. The summed E-state index contributed by atoms with van der Waals surface area (Å²) in [5.74, 6) is -1.08. The van der Waals surface area contributed by atoms with Crippen LogP contribution in [0.3, 0.4) is 0 Å². The number of nitrogens with zero attached hydrogens (tertiary/aromatic N) is 1. The number of rotatable bonds is 3. The molecule has 0 aromatic heterocycles. The van der Waals surface area contributed by atoms with Crippen LogP contribution < -0.4 is 5.11 Å². The molecule has 0 atom stereocenters. The molecule has 0 aliphatic carbocycles. The van der Waals surface area contributed by atoms with Crippen LogP contribution in [0.1, 0.15) is 18.1 Å². The molecule has 0 spiro atoms. The smallest absolute Gasteiger partial charge is 0.104 e. The minimum absolute atomic E-state index is 0.959. The number of benzene rings is 1. The maximum Gasteiger partial charge on any atom is 0.104 e. The van der Waals surface area contributed by atoms with Gasteiger partial charge in [0.05, 0.1) is 21.1 Å². The largest absolute Gasteiger partial charge is 0.550 e. The van der Waals surface area contributed by atoms with Gasteiger partial charge < -0.3 is 14.4 Å². The zero-order valence-corrected chi connectivity index (χ0v) is 11.1. The Bertz CT molecular complexity index is 374. The Morgan fingerprint density at radius 3 is 2.35 bits per heavy atom.